The maximum absolute atomic E-state index is 12.2. The molecule has 1 atom stereocenters. The Balaban J connectivity index is 1.83. The number of carbonyl (C=O) groups is 2. The summed E-state index contributed by atoms with van der Waals surface area (Å²) in [5.74, 6) is 0.153. The standard InChI is InChI=1S/C20H23ClN2O4/c1-14(24)23-19(13-26-2)20(25)22-11-15-5-9-18(10-6-15)27-12-16-3-7-17(21)8-4-16/h3-10,19H,11-13H2,1-2H3,(H,22,25)(H,23,24)/t19-/m1/s1. The van der Waals surface area contributed by atoms with Crippen LogP contribution in [0.1, 0.15) is 18.1 Å². The van der Waals surface area contributed by atoms with Gasteiger partial charge in [-0.05, 0) is 35.4 Å². The number of hydrogen-bond acceptors (Lipinski definition) is 4. The Kier molecular flexibility index (Phi) is 8.10. The molecule has 27 heavy (non-hydrogen) atoms. The molecule has 0 unspecified atom stereocenters. The number of benzene rings is 2. The summed E-state index contributed by atoms with van der Waals surface area (Å²) in [7, 11) is 1.48. The molecule has 7 heteroatoms. The fraction of sp³-hybridized carbons (Fsp3) is 0.300. The van der Waals surface area contributed by atoms with Gasteiger partial charge in [-0.2, -0.15) is 0 Å². The molecule has 144 valence electrons. The van der Waals surface area contributed by atoms with Gasteiger partial charge in [-0.15, -0.1) is 0 Å². The summed E-state index contributed by atoms with van der Waals surface area (Å²) in [6.07, 6.45) is 0. The molecule has 0 aliphatic heterocycles. The minimum Gasteiger partial charge on any atom is -0.489 e. The van der Waals surface area contributed by atoms with Crippen LogP contribution in [0.4, 0.5) is 0 Å². The average Bonchev–Trinajstić information content (AvgIpc) is 2.66. The molecule has 2 rings (SSSR count). The third-order valence-corrected chi connectivity index (χ3v) is 3.99. The number of hydrogen-bond donors (Lipinski definition) is 2. The summed E-state index contributed by atoms with van der Waals surface area (Å²) in [5, 5.41) is 6.03. The van der Waals surface area contributed by atoms with Gasteiger partial charge >= 0.3 is 0 Å². The lowest BCUT2D eigenvalue weighted by atomic mass is 10.2. The number of ether oxygens (including phenoxy) is 2. The molecule has 0 aromatic heterocycles. The highest BCUT2D eigenvalue weighted by atomic mass is 35.5. The minimum atomic E-state index is -0.713. The van der Waals surface area contributed by atoms with E-state index in [0.717, 1.165) is 16.9 Å². The first-order chi connectivity index (χ1) is 13.0. The van der Waals surface area contributed by atoms with Crippen LogP contribution in [0.3, 0.4) is 0 Å². The molecule has 0 spiro atoms. The lowest BCUT2D eigenvalue weighted by molar-refractivity contribution is -0.129. The van der Waals surface area contributed by atoms with E-state index in [2.05, 4.69) is 10.6 Å². The normalized spacial score (nSPS) is 11.5. The van der Waals surface area contributed by atoms with Crippen LogP contribution in [-0.2, 0) is 27.5 Å². The summed E-state index contributed by atoms with van der Waals surface area (Å²) in [6, 6.07) is 14.2. The fourth-order valence-electron chi connectivity index (χ4n) is 2.36. The number of amides is 2. The SMILES string of the molecule is COC[C@@H](NC(C)=O)C(=O)NCc1ccc(OCc2ccc(Cl)cc2)cc1. The Morgan fingerprint density at radius 2 is 1.67 bits per heavy atom. The largest absolute Gasteiger partial charge is 0.489 e. The van der Waals surface area contributed by atoms with E-state index < -0.39 is 6.04 Å². The van der Waals surface area contributed by atoms with Gasteiger partial charge in [0, 0.05) is 25.6 Å². The molecule has 0 bridgehead atoms. The zero-order chi connectivity index (χ0) is 19.6. The van der Waals surface area contributed by atoms with Crippen LogP contribution in [0.5, 0.6) is 5.75 Å². The van der Waals surface area contributed by atoms with Gasteiger partial charge in [0.25, 0.3) is 0 Å². The average molecular weight is 391 g/mol. The Labute approximate surface area is 163 Å². The van der Waals surface area contributed by atoms with E-state index in [1.165, 1.54) is 14.0 Å². The molecule has 0 aliphatic carbocycles. The fourth-order valence-corrected chi connectivity index (χ4v) is 2.48. The molecular weight excluding hydrogens is 368 g/mol. The molecule has 0 heterocycles. The van der Waals surface area contributed by atoms with E-state index in [0.29, 0.717) is 18.2 Å². The van der Waals surface area contributed by atoms with Crippen molar-refractivity contribution in [1.82, 2.24) is 10.6 Å². The highest BCUT2D eigenvalue weighted by Crippen LogP contribution is 2.15. The summed E-state index contributed by atoms with van der Waals surface area (Å²) >= 11 is 5.86. The third-order valence-electron chi connectivity index (χ3n) is 3.74. The van der Waals surface area contributed by atoms with E-state index in [4.69, 9.17) is 21.1 Å². The predicted molar refractivity (Wildman–Crippen MR) is 104 cm³/mol. The van der Waals surface area contributed by atoms with Crippen molar-refractivity contribution in [2.45, 2.75) is 26.1 Å². The summed E-state index contributed by atoms with van der Waals surface area (Å²) in [6.45, 7) is 2.26. The van der Waals surface area contributed by atoms with Crippen molar-refractivity contribution in [3.05, 3.63) is 64.7 Å². The monoisotopic (exact) mass is 390 g/mol. The summed E-state index contributed by atoms with van der Waals surface area (Å²) in [4.78, 5) is 23.3. The van der Waals surface area contributed by atoms with Gasteiger partial charge in [-0.25, -0.2) is 0 Å². The molecule has 6 nitrogen and oxygen atoms in total. The second kappa shape index (κ2) is 10.5. The minimum absolute atomic E-state index is 0.114. The Morgan fingerprint density at radius 1 is 1.04 bits per heavy atom. The van der Waals surface area contributed by atoms with Crippen molar-refractivity contribution < 1.29 is 19.1 Å². The highest BCUT2D eigenvalue weighted by molar-refractivity contribution is 6.30. The number of carbonyl (C=O) groups excluding carboxylic acids is 2. The van der Waals surface area contributed by atoms with Crippen LogP contribution in [0.2, 0.25) is 5.02 Å². The zero-order valence-electron chi connectivity index (χ0n) is 15.3. The first-order valence-corrected chi connectivity index (χ1v) is 8.85. The molecule has 2 aromatic rings. The smallest absolute Gasteiger partial charge is 0.245 e. The molecule has 2 N–H and O–H groups in total. The molecule has 0 saturated carbocycles. The van der Waals surface area contributed by atoms with E-state index in [1.807, 2.05) is 48.5 Å². The van der Waals surface area contributed by atoms with E-state index in [1.54, 1.807) is 0 Å². The second-order valence-electron chi connectivity index (χ2n) is 5.99. The van der Waals surface area contributed by atoms with E-state index in [-0.39, 0.29) is 18.4 Å². The van der Waals surface area contributed by atoms with Crippen molar-refractivity contribution in [3.8, 4) is 5.75 Å². The number of nitrogens with one attached hydrogen (secondary N) is 2. The van der Waals surface area contributed by atoms with Crippen molar-refractivity contribution in [2.75, 3.05) is 13.7 Å². The molecule has 0 aliphatic rings. The topological polar surface area (TPSA) is 76.7 Å². The van der Waals surface area contributed by atoms with Crippen molar-refractivity contribution in [2.24, 2.45) is 0 Å². The molecular formula is C20H23ClN2O4. The molecule has 2 aromatic carbocycles. The number of halogens is 1. The van der Waals surface area contributed by atoms with Gasteiger partial charge in [0.15, 0.2) is 0 Å². The highest BCUT2D eigenvalue weighted by Gasteiger charge is 2.18. The van der Waals surface area contributed by atoms with Crippen LogP contribution in [0, 0.1) is 0 Å². The maximum atomic E-state index is 12.2. The van der Waals surface area contributed by atoms with Crippen LogP contribution < -0.4 is 15.4 Å². The van der Waals surface area contributed by atoms with Gasteiger partial charge in [0.2, 0.25) is 11.8 Å². The predicted octanol–water partition coefficient (Wildman–Crippen LogP) is 2.69. The van der Waals surface area contributed by atoms with Crippen LogP contribution in [0.15, 0.2) is 48.5 Å². The van der Waals surface area contributed by atoms with Crippen molar-refractivity contribution in [1.29, 1.82) is 0 Å². The molecule has 0 radical (unpaired) electrons. The van der Waals surface area contributed by atoms with Gasteiger partial charge in [0.05, 0.1) is 6.61 Å². The Hall–Kier alpha value is -2.57. The van der Waals surface area contributed by atoms with Crippen LogP contribution >= 0.6 is 11.6 Å². The molecule has 0 saturated heterocycles. The lowest BCUT2D eigenvalue weighted by Crippen LogP contribution is -2.48. The van der Waals surface area contributed by atoms with Crippen LogP contribution in [-0.4, -0.2) is 31.6 Å². The Morgan fingerprint density at radius 3 is 2.26 bits per heavy atom. The van der Waals surface area contributed by atoms with Gasteiger partial charge in [-0.1, -0.05) is 35.9 Å². The third kappa shape index (κ3) is 7.29. The summed E-state index contributed by atoms with van der Waals surface area (Å²) < 4.78 is 10.7. The van der Waals surface area contributed by atoms with Gasteiger partial charge < -0.3 is 20.1 Å². The van der Waals surface area contributed by atoms with Crippen molar-refractivity contribution in [3.63, 3.8) is 0 Å². The lowest BCUT2D eigenvalue weighted by Gasteiger charge is -2.16. The van der Waals surface area contributed by atoms with Gasteiger partial charge in [0.1, 0.15) is 18.4 Å². The van der Waals surface area contributed by atoms with Crippen LogP contribution in [0.25, 0.3) is 0 Å². The summed E-state index contributed by atoms with van der Waals surface area (Å²) in [5.41, 5.74) is 1.94. The Bertz CT molecular complexity index is 748. The quantitative estimate of drug-likeness (QED) is 0.690. The molecule has 2 amide bonds. The zero-order valence-corrected chi connectivity index (χ0v) is 16.1. The number of methoxy groups -OCH3 is 1. The maximum Gasteiger partial charge on any atom is 0.245 e. The van der Waals surface area contributed by atoms with E-state index >= 15 is 0 Å². The first kappa shape index (κ1) is 20.7. The first-order valence-electron chi connectivity index (χ1n) is 8.48. The van der Waals surface area contributed by atoms with Crippen molar-refractivity contribution >= 4 is 23.4 Å². The second-order valence-corrected chi connectivity index (χ2v) is 6.42. The van der Waals surface area contributed by atoms with E-state index in [9.17, 15) is 9.59 Å². The van der Waals surface area contributed by atoms with Gasteiger partial charge in [-0.3, -0.25) is 9.59 Å². The number of rotatable bonds is 9. The molecule has 0 fully saturated rings.